The van der Waals surface area contributed by atoms with Gasteiger partial charge in [-0.15, -0.1) is 0 Å². The van der Waals surface area contributed by atoms with Crippen LogP contribution in [0.2, 0.25) is 0 Å². The number of fused-ring (bicyclic) bond motifs is 1. The molecule has 1 saturated carbocycles. The van der Waals surface area contributed by atoms with Gasteiger partial charge in [-0.1, -0.05) is 78.9 Å². The van der Waals surface area contributed by atoms with E-state index in [1.165, 1.54) is 16.7 Å². The highest BCUT2D eigenvalue weighted by molar-refractivity contribution is 5.42. The third-order valence-electron chi connectivity index (χ3n) is 7.18. The number of ether oxygens (including phenoxy) is 1. The number of nitrogens with two attached hydrogens (primary N) is 1. The van der Waals surface area contributed by atoms with E-state index in [0.29, 0.717) is 5.92 Å². The normalized spacial score (nSPS) is 27.5. The first kappa shape index (κ1) is 19.3. The van der Waals surface area contributed by atoms with Gasteiger partial charge < -0.3 is 15.8 Å². The summed E-state index contributed by atoms with van der Waals surface area (Å²) >= 11 is 0. The number of piperidine rings is 1. The van der Waals surface area contributed by atoms with Crippen LogP contribution in [0.25, 0.3) is 0 Å². The molecule has 0 amide bonds. The van der Waals surface area contributed by atoms with Gasteiger partial charge in [0.05, 0.1) is 7.11 Å². The van der Waals surface area contributed by atoms with Crippen LogP contribution in [0.5, 0.6) is 5.75 Å². The Bertz CT molecular complexity index is 966. The van der Waals surface area contributed by atoms with Crippen LogP contribution < -0.4 is 15.8 Å². The molecule has 0 radical (unpaired) electrons. The molecule has 2 fully saturated rings. The second kappa shape index (κ2) is 7.57. The molecule has 3 heteroatoms. The van der Waals surface area contributed by atoms with Crippen LogP contribution in [0.3, 0.4) is 0 Å². The van der Waals surface area contributed by atoms with E-state index in [1.807, 2.05) is 6.07 Å². The lowest BCUT2D eigenvalue weighted by atomic mass is 9.67. The number of benzene rings is 3. The highest BCUT2D eigenvalue weighted by atomic mass is 16.5. The highest BCUT2D eigenvalue weighted by Crippen LogP contribution is 2.54. The topological polar surface area (TPSA) is 47.3 Å². The molecule has 30 heavy (non-hydrogen) atoms. The van der Waals surface area contributed by atoms with Gasteiger partial charge in [0, 0.05) is 23.5 Å². The van der Waals surface area contributed by atoms with Gasteiger partial charge in [0.25, 0.3) is 0 Å². The van der Waals surface area contributed by atoms with Gasteiger partial charge in [0.2, 0.25) is 0 Å². The summed E-state index contributed by atoms with van der Waals surface area (Å²) in [6.07, 6.45) is 3.08. The lowest BCUT2D eigenvalue weighted by molar-refractivity contribution is 0.202. The number of methoxy groups -OCH3 is 1. The monoisotopic (exact) mass is 398 g/mol. The Morgan fingerprint density at radius 2 is 1.50 bits per heavy atom. The molecule has 1 saturated heterocycles. The van der Waals surface area contributed by atoms with Crippen LogP contribution in [0.1, 0.15) is 35.4 Å². The Balaban J connectivity index is 1.64. The van der Waals surface area contributed by atoms with Crippen molar-refractivity contribution in [2.45, 2.75) is 36.3 Å². The maximum absolute atomic E-state index is 6.61. The predicted molar refractivity (Wildman–Crippen MR) is 122 cm³/mol. The van der Waals surface area contributed by atoms with E-state index in [2.05, 4.69) is 84.2 Å². The fourth-order valence-electron chi connectivity index (χ4n) is 5.51. The summed E-state index contributed by atoms with van der Waals surface area (Å²) in [4.78, 5) is 0. The largest absolute Gasteiger partial charge is 0.496 e. The maximum atomic E-state index is 6.61. The highest BCUT2D eigenvalue weighted by Gasteiger charge is 2.60. The third-order valence-corrected chi connectivity index (χ3v) is 7.18. The minimum atomic E-state index is -0.124. The molecule has 3 aromatic rings. The van der Waals surface area contributed by atoms with Crippen LogP contribution in [-0.4, -0.2) is 24.7 Å². The van der Waals surface area contributed by atoms with Crippen molar-refractivity contribution in [3.8, 4) is 5.75 Å². The summed E-state index contributed by atoms with van der Waals surface area (Å²) < 4.78 is 5.73. The van der Waals surface area contributed by atoms with E-state index in [9.17, 15) is 0 Å². The average Bonchev–Trinajstić information content (AvgIpc) is 3.46. The Labute approximate surface area is 179 Å². The molecule has 0 bridgehead atoms. The van der Waals surface area contributed by atoms with Crippen molar-refractivity contribution < 1.29 is 4.74 Å². The SMILES string of the molecule is COc1ccccc1CC1(C(c2ccccc2)c2ccccc2)CC2CC2(N)CN1. The van der Waals surface area contributed by atoms with Crippen LogP contribution >= 0.6 is 0 Å². The first-order valence-electron chi connectivity index (χ1n) is 10.9. The minimum absolute atomic E-state index is 0.0256. The molecule has 3 nitrogen and oxygen atoms in total. The molecule has 3 aromatic carbocycles. The molecule has 1 heterocycles. The Kier molecular flexibility index (Phi) is 4.88. The van der Waals surface area contributed by atoms with Crippen molar-refractivity contribution in [1.82, 2.24) is 5.32 Å². The molecule has 154 valence electrons. The van der Waals surface area contributed by atoms with Crippen LogP contribution in [0.4, 0.5) is 0 Å². The van der Waals surface area contributed by atoms with Crippen molar-refractivity contribution in [1.29, 1.82) is 0 Å². The molecule has 1 aliphatic carbocycles. The average molecular weight is 399 g/mol. The molecular formula is C27H30N2O. The predicted octanol–water partition coefficient (Wildman–Crippen LogP) is 4.52. The molecule has 3 atom stereocenters. The number of para-hydroxylation sites is 1. The van der Waals surface area contributed by atoms with E-state index in [0.717, 1.165) is 31.6 Å². The van der Waals surface area contributed by atoms with Crippen LogP contribution in [-0.2, 0) is 6.42 Å². The second-order valence-electron chi connectivity index (χ2n) is 9.09. The lowest BCUT2D eigenvalue weighted by Gasteiger charge is -2.47. The van der Waals surface area contributed by atoms with Crippen molar-refractivity contribution in [3.05, 3.63) is 102 Å². The first-order chi connectivity index (χ1) is 14.6. The molecular weight excluding hydrogens is 368 g/mol. The van der Waals surface area contributed by atoms with E-state index in [4.69, 9.17) is 10.5 Å². The smallest absolute Gasteiger partial charge is 0.122 e. The van der Waals surface area contributed by atoms with E-state index in [1.54, 1.807) is 7.11 Å². The van der Waals surface area contributed by atoms with Crippen LogP contribution in [0.15, 0.2) is 84.9 Å². The van der Waals surface area contributed by atoms with Gasteiger partial charge in [-0.05, 0) is 47.9 Å². The van der Waals surface area contributed by atoms with E-state index >= 15 is 0 Å². The second-order valence-corrected chi connectivity index (χ2v) is 9.09. The zero-order valence-electron chi connectivity index (χ0n) is 17.6. The zero-order valence-corrected chi connectivity index (χ0v) is 17.6. The van der Waals surface area contributed by atoms with Gasteiger partial charge in [0.15, 0.2) is 0 Å². The lowest BCUT2D eigenvalue weighted by Crippen LogP contribution is -2.60. The van der Waals surface area contributed by atoms with Crippen molar-refractivity contribution >= 4 is 0 Å². The fourth-order valence-corrected chi connectivity index (χ4v) is 5.51. The molecule has 0 spiro atoms. The summed E-state index contributed by atoms with van der Waals surface area (Å²) in [5.41, 5.74) is 10.4. The van der Waals surface area contributed by atoms with Crippen molar-refractivity contribution in [3.63, 3.8) is 0 Å². The van der Waals surface area contributed by atoms with E-state index in [-0.39, 0.29) is 17.0 Å². The molecule has 2 aliphatic rings. The summed E-state index contributed by atoms with van der Waals surface area (Å²) in [6, 6.07) is 30.3. The standard InChI is InChI=1S/C27H30N2O/c1-30-24-15-9-8-14-22(24)16-27(18-23-17-26(23,28)19-29-27)25(20-10-4-2-5-11-20)21-12-6-3-7-13-21/h2-15,23,25,29H,16-19,28H2,1H3. The quantitative estimate of drug-likeness (QED) is 0.642. The zero-order chi connectivity index (χ0) is 20.6. The minimum Gasteiger partial charge on any atom is -0.496 e. The Hall–Kier alpha value is -2.62. The van der Waals surface area contributed by atoms with Crippen molar-refractivity contribution in [2.75, 3.05) is 13.7 Å². The fraction of sp³-hybridized carbons (Fsp3) is 0.333. The Morgan fingerprint density at radius 3 is 2.10 bits per heavy atom. The van der Waals surface area contributed by atoms with Gasteiger partial charge in [-0.25, -0.2) is 0 Å². The third kappa shape index (κ3) is 3.42. The van der Waals surface area contributed by atoms with Crippen molar-refractivity contribution in [2.24, 2.45) is 11.7 Å². The number of hydrogen-bond acceptors (Lipinski definition) is 3. The first-order valence-corrected chi connectivity index (χ1v) is 10.9. The summed E-state index contributed by atoms with van der Waals surface area (Å²) in [6.45, 7) is 0.864. The number of hydrogen-bond donors (Lipinski definition) is 2. The molecule has 1 aliphatic heterocycles. The van der Waals surface area contributed by atoms with Crippen LogP contribution in [0, 0.1) is 5.92 Å². The van der Waals surface area contributed by atoms with Gasteiger partial charge >= 0.3 is 0 Å². The summed E-state index contributed by atoms with van der Waals surface area (Å²) in [5.74, 6) is 1.76. The van der Waals surface area contributed by atoms with Gasteiger partial charge in [-0.3, -0.25) is 0 Å². The molecule has 3 N–H and O–H groups in total. The summed E-state index contributed by atoms with van der Waals surface area (Å²) in [5, 5.41) is 3.98. The van der Waals surface area contributed by atoms with Gasteiger partial charge in [0.1, 0.15) is 5.75 Å². The van der Waals surface area contributed by atoms with Gasteiger partial charge in [-0.2, -0.15) is 0 Å². The molecule has 5 rings (SSSR count). The van der Waals surface area contributed by atoms with E-state index < -0.39 is 0 Å². The Morgan fingerprint density at radius 1 is 0.900 bits per heavy atom. The molecule has 0 aromatic heterocycles. The molecule has 3 unspecified atom stereocenters. The summed E-state index contributed by atoms with van der Waals surface area (Å²) in [7, 11) is 1.76. The maximum Gasteiger partial charge on any atom is 0.122 e. The number of nitrogens with one attached hydrogen (secondary N) is 1. The number of rotatable bonds is 6.